The molecule has 0 amide bonds. The number of carboxylic acid groups (broad SMARTS) is 1. The van der Waals surface area contributed by atoms with E-state index in [1.165, 1.54) is 0 Å². The topological polar surface area (TPSA) is 53.7 Å². The maximum atomic E-state index is 10.6. The van der Waals surface area contributed by atoms with E-state index >= 15 is 0 Å². The molecule has 1 N–H and O–H groups in total. The van der Waals surface area contributed by atoms with E-state index in [0.29, 0.717) is 13.1 Å². The van der Waals surface area contributed by atoms with Crippen molar-refractivity contribution in [3.8, 4) is 12.3 Å². The number of aliphatic carboxylic acids is 1. The van der Waals surface area contributed by atoms with Gasteiger partial charge < -0.3 is 9.52 Å². The van der Waals surface area contributed by atoms with Crippen molar-refractivity contribution >= 4 is 5.97 Å². The zero-order valence-electron chi connectivity index (χ0n) is 9.27. The van der Waals surface area contributed by atoms with E-state index in [0.717, 1.165) is 17.9 Å². The van der Waals surface area contributed by atoms with Gasteiger partial charge in [0.25, 0.3) is 0 Å². The van der Waals surface area contributed by atoms with E-state index in [1.807, 2.05) is 19.1 Å². The largest absolute Gasteiger partial charge is 0.480 e. The number of hydrogen-bond donors (Lipinski definition) is 1. The van der Waals surface area contributed by atoms with Crippen LogP contribution in [-0.4, -0.2) is 29.1 Å². The fourth-order valence-corrected chi connectivity index (χ4v) is 1.41. The van der Waals surface area contributed by atoms with Crippen LogP contribution in [0.4, 0.5) is 0 Å². The third kappa shape index (κ3) is 3.79. The maximum Gasteiger partial charge on any atom is 0.317 e. The Morgan fingerprint density at radius 3 is 2.75 bits per heavy atom. The van der Waals surface area contributed by atoms with Crippen LogP contribution < -0.4 is 0 Å². The smallest absolute Gasteiger partial charge is 0.317 e. The van der Waals surface area contributed by atoms with Gasteiger partial charge in [-0.2, -0.15) is 0 Å². The second-order valence-electron chi connectivity index (χ2n) is 3.46. The summed E-state index contributed by atoms with van der Waals surface area (Å²) in [5, 5.41) is 8.70. The Balaban J connectivity index is 2.60. The minimum absolute atomic E-state index is 0.0770. The molecular weight excluding hydrogens is 206 g/mol. The molecule has 0 radical (unpaired) electrons. The highest BCUT2D eigenvalue weighted by atomic mass is 16.4. The molecule has 0 saturated carbocycles. The summed E-state index contributed by atoms with van der Waals surface area (Å²) in [7, 11) is 0. The van der Waals surface area contributed by atoms with Crippen molar-refractivity contribution in [2.24, 2.45) is 0 Å². The van der Waals surface area contributed by atoms with Crippen LogP contribution in [0.25, 0.3) is 0 Å². The van der Waals surface area contributed by atoms with Crippen LogP contribution in [0.1, 0.15) is 18.4 Å². The Kier molecular flexibility index (Phi) is 4.62. The number of hydrogen-bond acceptors (Lipinski definition) is 3. The lowest BCUT2D eigenvalue weighted by Gasteiger charge is -2.15. The van der Waals surface area contributed by atoms with Gasteiger partial charge in [-0.1, -0.05) is 12.8 Å². The average Bonchev–Trinajstić information content (AvgIpc) is 2.65. The SMILES string of the molecule is C#CCN(CC(=O)O)Cc1ccc(CC)o1. The average molecular weight is 221 g/mol. The zero-order valence-corrected chi connectivity index (χ0v) is 9.27. The molecule has 1 aromatic rings. The third-order valence-corrected chi connectivity index (χ3v) is 2.12. The summed E-state index contributed by atoms with van der Waals surface area (Å²) in [5.74, 6) is 3.18. The maximum absolute atomic E-state index is 10.6. The van der Waals surface area contributed by atoms with Gasteiger partial charge in [0.05, 0.1) is 19.6 Å². The van der Waals surface area contributed by atoms with Crippen molar-refractivity contribution in [2.45, 2.75) is 19.9 Å². The standard InChI is InChI=1S/C12H15NO3/c1-3-7-13(9-12(14)15)8-11-6-5-10(4-2)16-11/h1,5-6H,4,7-9H2,2H3,(H,14,15). The molecule has 0 aliphatic rings. The normalized spacial score (nSPS) is 10.3. The van der Waals surface area contributed by atoms with Gasteiger partial charge in [-0.05, 0) is 12.1 Å². The van der Waals surface area contributed by atoms with Crippen LogP contribution in [0, 0.1) is 12.3 Å². The molecular formula is C12H15NO3. The third-order valence-electron chi connectivity index (χ3n) is 2.12. The van der Waals surface area contributed by atoms with Gasteiger partial charge in [-0.15, -0.1) is 6.42 Å². The number of terminal acetylenes is 1. The van der Waals surface area contributed by atoms with Gasteiger partial charge in [-0.25, -0.2) is 0 Å². The molecule has 1 rings (SSSR count). The van der Waals surface area contributed by atoms with Crippen LogP contribution >= 0.6 is 0 Å². The van der Waals surface area contributed by atoms with E-state index in [2.05, 4.69) is 5.92 Å². The molecule has 0 saturated heterocycles. The Hall–Kier alpha value is -1.73. The Labute approximate surface area is 94.9 Å². The van der Waals surface area contributed by atoms with Crippen LogP contribution in [0.5, 0.6) is 0 Å². The molecule has 0 spiro atoms. The first-order valence-corrected chi connectivity index (χ1v) is 5.11. The summed E-state index contributed by atoms with van der Waals surface area (Å²) in [6, 6.07) is 3.74. The van der Waals surface area contributed by atoms with E-state index < -0.39 is 5.97 Å². The fourth-order valence-electron chi connectivity index (χ4n) is 1.41. The van der Waals surface area contributed by atoms with Crippen molar-refractivity contribution in [2.75, 3.05) is 13.1 Å². The Morgan fingerprint density at radius 2 is 2.25 bits per heavy atom. The number of furan rings is 1. The van der Waals surface area contributed by atoms with Gasteiger partial charge >= 0.3 is 5.97 Å². The van der Waals surface area contributed by atoms with Crippen molar-refractivity contribution in [3.05, 3.63) is 23.7 Å². The molecule has 1 heterocycles. The van der Waals surface area contributed by atoms with E-state index in [9.17, 15) is 4.79 Å². The minimum Gasteiger partial charge on any atom is -0.480 e. The summed E-state index contributed by atoms with van der Waals surface area (Å²) in [6.45, 7) is 2.65. The first-order chi connectivity index (χ1) is 7.65. The number of aryl methyl sites for hydroxylation is 1. The highest BCUT2D eigenvalue weighted by molar-refractivity contribution is 5.69. The molecule has 0 aliphatic carbocycles. The lowest BCUT2D eigenvalue weighted by molar-refractivity contribution is -0.138. The first-order valence-electron chi connectivity index (χ1n) is 5.11. The summed E-state index contributed by atoms with van der Waals surface area (Å²) in [5.41, 5.74) is 0. The van der Waals surface area contributed by atoms with Crippen molar-refractivity contribution in [3.63, 3.8) is 0 Å². The molecule has 4 nitrogen and oxygen atoms in total. The Morgan fingerprint density at radius 1 is 1.56 bits per heavy atom. The minimum atomic E-state index is -0.891. The molecule has 0 unspecified atom stereocenters. The molecule has 1 aromatic heterocycles. The predicted octanol–water partition coefficient (Wildman–Crippen LogP) is 1.36. The fraction of sp³-hybridized carbons (Fsp3) is 0.417. The molecule has 0 fully saturated rings. The number of carboxylic acids is 1. The summed E-state index contributed by atoms with van der Waals surface area (Å²) in [6.07, 6.45) is 6.00. The molecule has 4 heteroatoms. The zero-order chi connectivity index (χ0) is 12.0. The van der Waals surface area contributed by atoms with E-state index in [1.54, 1.807) is 4.90 Å². The molecule has 0 atom stereocenters. The van der Waals surface area contributed by atoms with Crippen LogP contribution in [0.2, 0.25) is 0 Å². The first kappa shape index (κ1) is 12.3. The molecule has 0 bridgehead atoms. The van der Waals surface area contributed by atoms with Gasteiger partial charge in [0.2, 0.25) is 0 Å². The van der Waals surface area contributed by atoms with Gasteiger partial charge in [-0.3, -0.25) is 9.69 Å². The van der Waals surface area contributed by atoms with Crippen LogP contribution in [0.3, 0.4) is 0 Å². The second kappa shape index (κ2) is 5.99. The monoisotopic (exact) mass is 221 g/mol. The van der Waals surface area contributed by atoms with E-state index in [4.69, 9.17) is 15.9 Å². The van der Waals surface area contributed by atoms with Gasteiger partial charge in [0.1, 0.15) is 11.5 Å². The quantitative estimate of drug-likeness (QED) is 0.737. The summed E-state index contributed by atoms with van der Waals surface area (Å²) < 4.78 is 5.49. The van der Waals surface area contributed by atoms with Crippen molar-refractivity contribution < 1.29 is 14.3 Å². The summed E-state index contributed by atoms with van der Waals surface area (Å²) in [4.78, 5) is 12.2. The van der Waals surface area contributed by atoms with E-state index in [-0.39, 0.29) is 6.54 Å². The predicted molar refractivity (Wildman–Crippen MR) is 59.8 cm³/mol. The van der Waals surface area contributed by atoms with Gasteiger partial charge in [0, 0.05) is 6.42 Å². The number of nitrogens with zero attached hydrogens (tertiary/aromatic N) is 1. The molecule has 86 valence electrons. The lowest BCUT2D eigenvalue weighted by Crippen LogP contribution is -2.29. The highest BCUT2D eigenvalue weighted by Crippen LogP contribution is 2.10. The number of rotatable bonds is 6. The van der Waals surface area contributed by atoms with Crippen LogP contribution in [0.15, 0.2) is 16.5 Å². The van der Waals surface area contributed by atoms with Gasteiger partial charge in [0.15, 0.2) is 0 Å². The molecule has 16 heavy (non-hydrogen) atoms. The Bertz CT molecular complexity index is 389. The molecule has 0 aliphatic heterocycles. The highest BCUT2D eigenvalue weighted by Gasteiger charge is 2.11. The van der Waals surface area contributed by atoms with Crippen LogP contribution in [-0.2, 0) is 17.8 Å². The van der Waals surface area contributed by atoms with Crippen molar-refractivity contribution in [1.29, 1.82) is 0 Å². The number of carbonyl (C=O) groups is 1. The second-order valence-corrected chi connectivity index (χ2v) is 3.46. The van der Waals surface area contributed by atoms with Crippen molar-refractivity contribution in [1.82, 2.24) is 4.90 Å². The summed E-state index contributed by atoms with van der Waals surface area (Å²) >= 11 is 0. The lowest BCUT2D eigenvalue weighted by atomic mass is 10.3. The molecule has 0 aromatic carbocycles.